The number of amides is 1. The minimum Gasteiger partial charge on any atom is -0.444 e. The lowest BCUT2D eigenvalue weighted by molar-refractivity contribution is 0.0527. The highest BCUT2D eigenvalue weighted by molar-refractivity contribution is 5.67. The summed E-state index contributed by atoms with van der Waals surface area (Å²) in [5, 5.41) is 15.6. The summed E-state index contributed by atoms with van der Waals surface area (Å²) in [5.74, 6) is 0.692. The molecule has 1 amide bonds. The lowest BCUT2D eigenvalue weighted by Crippen LogP contribution is -2.34. The Labute approximate surface area is 122 Å². The molecule has 1 aliphatic rings. The highest BCUT2D eigenvalue weighted by Crippen LogP contribution is 2.23. The second-order valence-corrected chi connectivity index (χ2v) is 6.66. The Morgan fingerprint density at radius 2 is 1.85 bits per heavy atom. The van der Waals surface area contributed by atoms with E-state index in [0.29, 0.717) is 12.5 Å². The van der Waals surface area contributed by atoms with Gasteiger partial charge in [-0.1, -0.05) is 0 Å². The maximum Gasteiger partial charge on any atom is 0.407 e. The number of ether oxygens (including phenoxy) is 1. The van der Waals surface area contributed by atoms with E-state index in [9.17, 15) is 9.90 Å². The molecule has 0 bridgehead atoms. The number of aliphatic hydroxyl groups excluding tert-OH is 1. The fourth-order valence-corrected chi connectivity index (χ4v) is 2.37. The Morgan fingerprint density at radius 3 is 2.45 bits per heavy atom. The Hall–Kier alpha value is -0.810. The first-order valence-electron chi connectivity index (χ1n) is 7.72. The van der Waals surface area contributed by atoms with Crippen LogP contribution in [0.2, 0.25) is 0 Å². The first kappa shape index (κ1) is 17.2. The van der Waals surface area contributed by atoms with Gasteiger partial charge >= 0.3 is 6.09 Å². The zero-order valence-electron chi connectivity index (χ0n) is 13.1. The predicted octanol–water partition coefficient (Wildman–Crippen LogP) is 2.04. The van der Waals surface area contributed by atoms with Gasteiger partial charge in [0, 0.05) is 6.54 Å². The molecule has 118 valence electrons. The van der Waals surface area contributed by atoms with Crippen molar-refractivity contribution in [2.24, 2.45) is 5.92 Å². The van der Waals surface area contributed by atoms with Crippen molar-refractivity contribution in [3.8, 4) is 0 Å². The summed E-state index contributed by atoms with van der Waals surface area (Å²) < 4.78 is 5.16. The van der Waals surface area contributed by atoms with Crippen molar-refractivity contribution < 1.29 is 14.6 Å². The van der Waals surface area contributed by atoms with Crippen LogP contribution >= 0.6 is 0 Å². The van der Waals surface area contributed by atoms with E-state index in [2.05, 4.69) is 10.6 Å². The summed E-state index contributed by atoms with van der Waals surface area (Å²) in [4.78, 5) is 11.4. The molecule has 0 saturated heterocycles. The van der Waals surface area contributed by atoms with Crippen LogP contribution in [0.4, 0.5) is 4.79 Å². The van der Waals surface area contributed by atoms with E-state index in [-0.39, 0.29) is 12.2 Å². The van der Waals surface area contributed by atoms with Gasteiger partial charge in [0.05, 0.1) is 6.10 Å². The molecule has 3 N–H and O–H groups in total. The largest absolute Gasteiger partial charge is 0.444 e. The Balaban J connectivity index is 1.93. The van der Waals surface area contributed by atoms with Crippen molar-refractivity contribution in [2.75, 3.05) is 19.6 Å². The zero-order valence-corrected chi connectivity index (χ0v) is 13.1. The third-order valence-corrected chi connectivity index (χ3v) is 3.45. The lowest BCUT2D eigenvalue weighted by atomic mass is 9.87. The second kappa shape index (κ2) is 8.47. The molecule has 0 unspecified atom stereocenters. The third kappa shape index (κ3) is 8.38. The number of aliphatic hydroxyl groups is 1. The molecular formula is C15H30N2O3. The van der Waals surface area contributed by atoms with Gasteiger partial charge in [-0.3, -0.25) is 0 Å². The van der Waals surface area contributed by atoms with Gasteiger partial charge in [0.1, 0.15) is 5.60 Å². The van der Waals surface area contributed by atoms with E-state index < -0.39 is 5.60 Å². The SMILES string of the molecule is CC(C)(C)OC(=O)NCCCNCC1CCC(O)CC1. The van der Waals surface area contributed by atoms with Crippen LogP contribution < -0.4 is 10.6 Å². The first-order valence-corrected chi connectivity index (χ1v) is 7.72. The van der Waals surface area contributed by atoms with Crippen LogP contribution in [0.5, 0.6) is 0 Å². The van der Waals surface area contributed by atoms with Gasteiger partial charge in [-0.05, 0) is 71.9 Å². The van der Waals surface area contributed by atoms with Crippen molar-refractivity contribution in [1.82, 2.24) is 10.6 Å². The van der Waals surface area contributed by atoms with Crippen LogP contribution in [0.15, 0.2) is 0 Å². The number of carbonyl (C=O) groups is 1. The highest BCUT2D eigenvalue weighted by atomic mass is 16.6. The smallest absolute Gasteiger partial charge is 0.407 e. The van der Waals surface area contributed by atoms with E-state index in [1.54, 1.807) is 0 Å². The van der Waals surface area contributed by atoms with Crippen molar-refractivity contribution in [3.63, 3.8) is 0 Å². The van der Waals surface area contributed by atoms with Crippen molar-refractivity contribution >= 4 is 6.09 Å². The van der Waals surface area contributed by atoms with E-state index in [4.69, 9.17) is 4.74 Å². The molecule has 5 nitrogen and oxygen atoms in total. The monoisotopic (exact) mass is 286 g/mol. The van der Waals surface area contributed by atoms with Crippen molar-refractivity contribution in [2.45, 2.75) is 64.6 Å². The maximum absolute atomic E-state index is 11.4. The Bertz CT molecular complexity index is 281. The minimum atomic E-state index is -0.437. The summed E-state index contributed by atoms with van der Waals surface area (Å²) >= 11 is 0. The van der Waals surface area contributed by atoms with Crippen molar-refractivity contribution in [3.05, 3.63) is 0 Å². The second-order valence-electron chi connectivity index (χ2n) is 6.66. The molecule has 0 aromatic carbocycles. The normalized spacial score (nSPS) is 23.4. The van der Waals surface area contributed by atoms with Gasteiger partial charge in [0.15, 0.2) is 0 Å². The molecule has 0 radical (unpaired) electrons. The molecule has 5 heteroatoms. The van der Waals surface area contributed by atoms with Crippen LogP contribution in [0, 0.1) is 5.92 Å². The number of rotatable bonds is 6. The molecule has 0 aromatic rings. The average molecular weight is 286 g/mol. The zero-order chi connectivity index (χ0) is 15.0. The summed E-state index contributed by atoms with van der Waals surface area (Å²) in [7, 11) is 0. The molecule has 0 spiro atoms. The molecule has 1 aliphatic carbocycles. The topological polar surface area (TPSA) is 70.6 Å². The fourth-order valence-electron chi connectivity index (χ4n) is 2.37. The third-order valence-electron chi connectivity index (χ3n) is 3.45. The number of alkyl carbamates (subject to hydrolysis) is 1. The van der Waals surface area contributed by atoms with Crippen LogP contribution in [-0.2, 0) is 4.74 Å². The van der Waals surface area contributed by atoms with Gasteiger partial charge in [-0.2, -0.15) is 0 Å². The number of carbonyl (C=O) groups excluding carboxylic acids is 1. The summed E-state index contributed by atoms with van der Waals surface area (Å²) in [5.41, 5.74) is -0.437. The predicted molar refractivity (Wildman–Crippen MR) is 79.7 cm³/mol. The molecule has 0 aliphatic heterocycles. The van der Waals surface area contributed by atoms with Crippen LogP contribution in [0.1, 0.15) is 52.9 Å². The number of hydrogen-bond acceptors (Lipinski definition) is 4. The summed E-state index contributed by atoms with van der Waals surface area (Å²) in [6, 6.07) is 0. The Morgan fingerprint density at radius 1 is 1.20 bits per heavy atom. The number of nitrogens with one attached hydrogen (secondary N) is 2. The first-order chi connectivity index (χ1) is 9.37. The van der Waals surface area contributed by atoms with E-state index in [1.165, 1.54) is 0 Å². The minimum absolute atomic E-state index is 0.0794. The van der Waals surface area contributed by atoms with Crippen molar-refractivity contribution in [1.29, 1.82) is 0 Å². The average Bonchev–Trinajstić information content (AvgIpc) is 2.33. The van der Waals surface area contributed by atoms with Crippen LogP contribution in [0.25, 0.3) is 0 Å². The van der Waals surface area contributed by atoms with E-state index in [1.807, 2.05) is 20.8 Å². The van der Waals surface area contributed by atoms with Gasteiger partial charge < -0.3 is 20.5 Å². The summed E-state index contributed by atoms with van der Waals surface area (Å²) in [6.07, 6.45) is 4.57. The van der Waals surface area contributed by atoms with Gasteiger partial charge in [0.2, 0.25) is 0 Å². The van der Waals surface area contributed by atoms with Gasteiger partial charge in [-0.15, -0.1) is 0 Å². The molecule has 1 fully saturated rings. The van der Waals surface area contributed by atoms with Gasteiger partial charge in [-0.25, -0.2) is 4.79 Å². The molecule has 1 rings (SSSR count). The quantitative estimate of drug-likeness (QED) is 0.654. The highest BCUT2D eigenvalue weighted by Gasteiger charge is 2.18. The standard InChI is InChI=1S/C15H30N2O3/c1-15(2,3)20-14(19)17-10-4-9-16-11-12-5-7-13(18)8-6-12/h12-13,16,18H,4-11H2,1-3H3,(H,17,19). The maximum atomic E-state index is 11.4. The van der Waals surface area contributed by atoms with E-state index >= 15 is 0 Å². The lowest BCUT2D eigenvalue weighted by Gasteiger charge is -2.25. The van der Waals surface area contributed by atoms with Crippen LogP contribution in [0.3, 0.4) is 0 Å². The molecular weight excluding hydrogens is 256 g/mol. The number of hydrogen-bond donors (Lipinski definition) is 3. The molecule has 0 heterocycles. The molecule has 20 heavy (non-hydrogen) atoms. The Kier molecular flexibility index (Phi) is 7.30. The molecule has 0 aromatic heterocycles. The fraction of sp³-hybridized carbons (Fsp3) is 0.933. The van der Waals surface area contributed by atoms with E-state index in [0.717, 1.165) is 45.2 Å². The van der Waals surface area contributed by atoms with Gasteiger partial charge in [0.25, 0.3) is 0 Å². The van der Waals surface area contributed by atoms with Crippen LogP contribution in [-0.4, -0.2) is 42.5 Å². The molecule has 0 atom stereocenters. The summed E-state index contributed by atoms with van der Waals surface area (Å²) in [6.45, 7) is 8.11. The molecule has 1 saturated carbocycles.